The minimum atomic E-state index is -1.17. The van der Waals surface area contributed by atoms with Crippen molar-refractivity contribution in [3.05, 3.63) is 12.2 Å². The molecule has 0 saturated heterocycles. The molecule has 34 heavy (non-hydrogen) atoms. The van der Waals surface area contributed by atoms with Gasteiger partial charge in [-0.25, -0.2) is 0 Å². The first-order valence-corrected chi connectivity index (χ1v) is 14.4. The van der Waals surface area contributed by atoms with Gasteiger partial charge in [0.15, 0.2) is 0 Å². The zero-order valence-electron chi connectivity index (χ0n) is 22.6. The molecular formula is C30H54O4. The predicted octanol–water partition coefficient (Wildman–Crippen LogP) is 9.18. The number of hydrogen-bond acceptors (Lipinski definition) is 2. The average Bonchev–Trinajstić information content (AvgIpc) is 2.80. The van der Waals surface area contributed by atoms with Crippen LogP contribution in [0.25, 0.3) is 0 Å². The second-order valence-corrected chi connectivity index (χ2v) is 11.3. The molecule has 0 bridgehead atoms. The molecule has 2 atom stereocenters. The van der Waals surface area contributed by atoms with Gasteiger partial charge in [-0.1, -0.05) is 136 Å². The van der Waals surface area contributed by atoms with E-state index in [1.54, 1.807) is 0 Å². The van der Waals surface area contributed by atoms with Crippen LogP contribution in [0.4, 0.5) is 0 Å². The fraction of sp³-hybridized carbons (Fsp3) is 0.867. The molecule has 0 heterocycles. The van der Waals surface area contributed by atoms with E-state index in [-0.39, 0.29) is 0 Å². The number of hydrogen-bond donors (Lipinski definition) is 2. The molecule has 0 aromatic carbocycles. The van der Waals surface area contributed by atoms with Gasteiger partial charge in [-0.05, 0) is 31.6 Å². The Morgan fingerprint density at radius 1 is 0.647 bits per heavy atom. The van der Waals surface area contributed by atoms with E-state index in [4.69, 9.17) is 0 Å². The zero-order chi connectivity index (χ0) is 25.3. The topological polar surface area (TPSA) is 74.6 Å². The summed E-state index contributed by atoms with van der Waals surface area (Å²) in [5.41, 5.74) is -2.34. The number of allylic oxidation sites excluding steroid dienone is 2. The summed E-state index contributed by atoms with van der Waals surface area (Å²) in [7, 11) is 0. The van der Waals surface area contributed by atoms with E-state index in [1.807, 2.05) is 19.1 Å². The Bertz CT molecular complexity index is 597. The molecule has 0 aromatic rings. The highest BCUT2D eigenvalue weighted by molar-refractivity contribution is 5.87. The summed E-state index contributed by atoms with van der Waals surface area (Å²) in [6.07, 6.45) is 24.7. The van der Waals surface area contributed by atoms with Gasteiger partial charge in [-0.3, -0.25) is 9.59 Å². The number of unbranched alkanes of at least 4 members (excludes halogenated alkanes) is 13. The van der Waals surface area contributed by atoms with Gasteiger partial charge >= 0.3 is 11.9 Å². The van der Waals surface area contributed by atoms with E-state index < -0.39 is 22.8 Å². The first kappa shape index (κ1) is 30.7. The van der Waals surface area contributed by atoms with Crippen LogP contribution in [0.3, 0.4) is 0 Å². The minimum Gasteiger partial charge on any atom is -0.481 e. The summed E-state index contributed by atoms with van der Waals surface area (Å²) in [5.74, 6) is -1.01. The van der Waals surface area contributed by atoms with Gasteiger partial charge in [0.1, 0.15) is 0 Å². The Balaban J connectivity index is 2.26. The van der Waals surface area contributed by atoms with Crippen molar-refractivity contribution in [2.45, 2.75) is 149 Å². The summed E-state index contributed by atoms with van der Waals surface area (Å²) in [4.78, 5) is 24.8. The van der Waals surface area contributed by atoms with Crippen LogP contribution in [-0.4, -0.2) is 22.2 Å². The maximum Gasteiger partial charge on any atom is 0.311 e. The Labute approximate surface area is 210 Å². The lowest BCUT2D eigenvalue weighted by Crippen LogP contribution is -2.53. The first-order chi connectivity index (χ1) is 16.3. The van der Waals surface area contributed by atoms with E-state index in [0.29, 0.717) is 25.7 Å². The number of carboxylic acids is 2. The second kappa shape index (κ2) is 17.2. The van der Waals surface area contributed by atoms with Crippen molar-refractivity contribution in [1.82, 2.24) is 0 Å². The van der Waals surface area contributed by atoms with Gasteiger partial charge < -0.3 is 10.2 Å². The third-order valence-electron chi connectivity index (χ3n) is 8.18. The Morgan fingerprint density at radius 2 is 1.00 bits per heavy atom. The van der Waals surface area contributed by atoms with Crippen molar-refractivity contribution in [2.24, 2.45) is 16.7 Å². The molecule has 1 aliphatic rings. The molecule has 0 radical (unpaired) electrons. The van der Waals surface area contributed by atoms with Gasteiger partial charge in [0.05, 0.1) is 10.8 Å². The Kier molecular flexibility index (Phi) is 15.5. The molecule has 198 valence electrons. The van der Waals surface area contributed by atoms with E-state index in [2.05, 4.69) is 13.8 Å². The van der Waals surface area contributed by atoms with E-state index in [9.17, 15) is 19.8 Å². The van der Waals surface area contributed by atoms with Gasteiger partial charge in [-0.15, -0.1) is 0 Å². The van der Waals surface area contributed by atoms with Crippen LogP contribution in [0.1, 0.15) is 149 Å². The van der Waals surface area contributed by atoms with Crippen LogP contribution in [0.15, 0.2) is 12.2 Å². The van der Waals surface area contributed by atoms with Gasteiger partial charge in [0.2, 0.25) is 0 Å². The standard InChI is InChI=1S/C30H54O4/c1-4-5-22-29(27(31)32)24-19-20-25-30(29,28(33)34)23-18-16-14-12-10-8-6-7-9-11-13-15-17-21-26(2)3/h19-20,26H,4-18,21-25H2,1-3H3,(H,31,32)(H,33,34). The lowest BCUT2D eigenvalue weighted by Gasteiger charge is -2.46. The van der Waals surface area contributed by atoms with Crippen LogP contribution in [0.5, 0.6) is 0 Å². The SMILES string of the molecule is CCCCC1(C(=O)O)CC=CCC1(CCCCCCCCCCCCCCCC(C)C)C(=O)O. The van der Waals surface area contributed by atoms with Gasteiger partial charge in [-0.2, -0.15) is 0 Å². The number of carboxylic acid groups (broad SMARTS) is 2. The van der Waals surface area contributed by atoms with Crippen molar-refractivity contribution >= 4 is 11.9 Å². The molecule has 4 nitrogen and oxygen atoms in total. The number of aliphatic carboxylic acids is 2. The fourth-order valence-electron chi connectivity index (χ4n) is 5.84. The van der Waals surface area contributed by atoms with Crippen molar-refractivity contribution in [2.75, 3.05) is 0 Å². The first-order valence-electron chi connectivity index (χ1n) is 14.4. The van der Waals surface area contributed by atoms with E-state index in [1.165, 1.54) is 70.6 Å². The van der Waals surface area contributed by atoms with Crippen LogP contribution in [0, 0.1) is 16.7 Å². The normalized spacial score (nSPS) is 22.4. The molecule has 1 aliphatic carbocycles. The van der Waals surface area contributed by atoms with Crippen molar-refractivity contribution in [1.29, 1.82) is 0 Å². The molecule has 0 aliphatic heterocycles. The predicted molar refractivity (Wildman–Crippen MR) is 142 cm³/mol. The third kappa shape index (κ3) is 9.74. The van der Waals surface area contributed by atoms with Crippen LogP contribution in [0.2, 0.25) is 0 Å². The summed E-state index contributed by atoms with van der Waals surface area (Å²) < 4.78 is 0. The quantitative estimate of drug-likeness (QED) is 0.127. The van der Waals surface area contributed by atoms with E-state index >= 15 is 0 Å². The Hall–Kier alpha value is -1.32. The average molecular weight is 479 g/mol. The molecule has 2 unspecified atom stereocenters. The fourth-order valence-corrected chi connectivity index (χ4v) is 5.84. The van der Waals surface area contributed by atoms with Crippen LogP contribution in [-0.2, 0) is 9.59 Å². The van der Waals surface area contributed by atoms with Gasteiger partial charge in [0.25, 0.3) is 0 Å². The summed E-state index contributed by atoms with van der Waals surface area (Å²) in [5, 5.41) is 20.3. The molecule has 0 spiro atoms. The van der Waals surface area contributed by atoms with Crippen molar-refractivity contribution < 1.29 is 19.8 Å². The third-order valence-corrected chi connectivity index (χ3v) is 8.18. The molecule has 0 fully saturated rings. The lowest BCUT2D eigenvalue weighted by atomic mass is 9.54. The van der Waals surface area contributed by atoms with Crippen LogP contribution < -0.4 is 0 Å². The van der Waals surface area contributed by atoms with Crippen molar-refractivity contribution in [3.8, 4) is 0 Å². The number of rotatable bonds is 21. The largest absolute Gasteiger partial charge is 0.481 e. The molecule has 0 aromatic heterocycles. The van der Waals surface area contributed by atoms with Gasteiger partial charge in [0, 0.05) is 0 Å². The molecule has 1 rings (SSSR count). The highest BCUT2D eigenvalue weighted by Crippen LogP contribution is 2.55. The summed E-state index contributed by atoms with van der Waals surface area (Å²) >= 11 is 0. The molecular weight excluding hydrogens is 424 g/mol. The molecule has 0 saturated carbocycles. The Morgan fingerprint density at radius 3 is 1.35 bits per heavy atom. The maximum absolute atomic E-state index is 12.5. The maximum atomic E-state index is 12.5. The monoisotopic (exact) mass is 478 g/mol. The second-order valence-electron chi connectivity index (χ2n) is 11.3. The van der Waals surface area contributed by atoms with E-state index in [0.717, 1.165) is 38.0 Å². The summed E-state index contributed by atoms with van der Waals surface area (Å²) in [6.45, 7) is 6.64. The summed E-state index contributed by atoms with van der Waals surface area (Å²) in [6, 6.07) is 0. The lowest BCUT2D eigenvalue weighted by molar-refractivity contribution is -0.177. The highest BCUT2D eigenvalue weighted by Gasteiger charge is 2.60. The minimum absolute atomic E-state index is 0.340. The zero-order valence-corrected chi connectivity index (χ0v) is 22.6. The number of carbonyl (C=O) groups is 2. The molecule has 2 N–H and O–H groups in total. The van der Waals surface area contributed by atoms with Crippen LogP contribution >= 0.6 is 0 Å². The highest BCUT2D eigenvalue weighted by atomic mass is 16.4. The molecule has 4 heteroatoms. The molecule has 0 amide bonds. The smallest absolute Gasteiger partial charge is 0.311 e. The van der Waals surface area contributed by atoms with Crippen molar-refractivity contribution in [3.63, 3.8) is 0 Å².